The summed E-state index contributed by atoms with van der Waals surface area (Å²) in [6, 6.07) is 3.18. The molecule has 0 aromatic heterocycles. The van der Waals surface area contributed by atoms with Gasteiger partial charge in [-0.05, 0) is 44.0 Å². The van der Waals surface area contributed by atoms with Gasteiger partial charge in [-0.2, -0.15) is 13.2 Å². The van der Waals surface area contributed by atoms with Crippen molar-refractivity contribution < 1.29 is 17.9 Å². The van der Waals surface area contributed by atoms with Gasteiger partial charge >= 0.3 is 6.18 Å². The van der Waals surface area contributed by atoms with Crippen LogP contribution in [0.2, 0.25) is 0 Å². The van der Waals surface area contributed by atoms with Crippen molar-refractivity contribution in [2.24, 2.45) is 5.73 Å². The zero-order valence-corrected chi connectivity index (χ0v) is 10.7. The Morgan fingerprint density at radius 1 is 1.28 bits per heavy atom. The smallest absolute Gasteiger partial charge is 0.377 e. The third-order valence-corrected chi connectivity index (χ3v) is 2.61. The second-order valence-electron chi connectivity index (χ2n) is 4.56. The second-order valence-corrected chi connectivity index (χ2v) is 4.56. The lowest BCUT2D eigenvalue weighted by Crippen LogP contribution is -2.21. The number of aryl methyl sites for hydroxylation is 1. The lowest BCUT2D eigenvalue weighted by Gasteiger charge is -2.18. The second kappa shape index (κ2) is 5.71. The molecule has 0 amide bonds. The lowest BCUT2D eigenvalue weighted by molar-refractivity contribution is -0.137. The van der Waals surface area contributed by atoms with Gasteiger partial charge in [0, 0.05) is 0 Å². The van der Waals surface area contributed by atoms with Gasteiger partial charge in [-0.25, -0.2) is 0 Å². The van der Waals surface area contributed by atoms with Crippen LogP contribution in [0.5, 0.6) is 0 Å². The van der Waals surface area contributed by atoms with Crippen LogP contribution in [0.25, 0.3) is 0 Å². The van der Waals surface area contributed by atoms with Gasteiger partial charge in [-0.15, -0.1) is 0 Å². The van der Waals surface area contributed by atoms with E-state index in [0.29, 0.717) is 17.7 Å². The van der Waals surface area contributed by atoms with Crippen molar-refractivity contribution in [3.63, 3.8) is 0 Å². The van der Waals surface area contributed by atoms with Gasteiger partial charge < -0.3 is 10.5 Å². The van der Waals surface area contributed by atoms with E-state index >= 15 is 0 Å². The summed E-state index contributed by atoms with van der Waals surface area (Å²) in [6.45, 7) is 5.68. The van der Waals surface area contributed by atoms with Crippen molar-refractivity contribution in [2.45, 2.75) is 39.1 Å². The standard InChI is InChI=1S/C13H18F3NO/c1-8(2)18-7-12(17)11-5-4-10(6-9(11)3)13(14,15)16/h4-6,8,12H,7,17H2,1-3H3. The highest BCUT2D eigenvalue weighted by molar-refractivity contribution is 5.34. The number of hydrogen-bond donors (Lipinski definition) is 1. The molecule has 102 valence electrons. The van der Waals surface area contributed by atoms with Gasteiger partial charge in [-0.3, -0.25) is 0 Å². The third-order valence-electron chi connectivity index (χ3n) is 2.61. The molecular formula is C13H18F3NO. The first-order chi connectivity index (χ1) is 8.21. The minimum atomic E-state index is -4.32. The van der Waals surface area contributed by atoms with Crippen molar-refractivity contribution in [3.05, 3.63) is 34.9 Å². The molecule has 0 saturated heterocycles. The average Bonchev–Trinajstić information content (AvgIpc) is 2.24. The van der Waals surface area contributed by atoms with Gasteiger partial charge in [0.2, 0.25) is 0 Å². The Labute approximate surface area is 105 Å². The first-order valence-electron chi connectivity index (χ1n) is 5.76. The van der Waals surface area contributed by atoms with Crippen LogP contribution in [0.4, 0.5) is 13.2 Å². The van der Waals surface area contributed by atoms with Crippen LogP contribution in [0.3, 0.4) is 0 Å². The number of halogens is 3. The van der Waals surface area contributed by atoms with Crippen LogP contribution in [0, 0.1) is 6.92 Å². The minimum absolute atomic E-state index is 0.0470. The Kier molecular flexibility index (Phi) is 4.76. The molecule has 0 heterocycles. The highest BCUT2D eigenvalue weighted by Gasteiger charge is 2.30. The van der Waals surface area contributed by atoms with Crippen LogP contribution in [0.15, 0.2) is 18.2 Å². The largest absolute Gasteiger partial charge is 0.416 e. The summed E-state index contributed by atoms with van der Waals surface area (Å²) in [5.41, 5.74) is 6.46. The first kappa shape index (κ1) is 15.0. The van der Waals surface area contributed by atoms with E-state index in [0.717, 1.165) is 12.1 Å². The van der Waals surface area contributed by atoms with Gasteiger partial charge in [0.05, 0.1) is 24.3 Å². The van der Waals surface area contributed by atoms with Gasteiger partial charge in [0.15, 0.2) is 0 Å². The molecule has 1 atom stereocenters. The SMILES string of the molecule is Cc1cc(C(F)(F)F)ccc1C(N)COC(C)C. The maximum absolute atomic E-state index is 12.5. The lowest BCUT2D eigenvalue weighted by atomic mass is 9.99. The molecule has 0 spiro atoms. The summed E-state index contributed by atoms with van der Waals surface area (Å²) in [6.07, 6.45) is -4.27. The number of alkyl halides is 3. The molecule has 0 fully saturated rings. The van der Waals surface area contributed by atoms with Crippen molar-refractivity contribution in [1.29, 1.82) is 0 Å². The highest BCUT2D eigenvalue weighted by atomic mass is 19.4. The fourth-order valence-corrected chi connectivity index (χ4v) is 1.65. The van der Waals surface area contributed by atoms with Crippen molar-refractivity contribution in [2.75, 3.05) is 6.61 Å². The third kappa shape index (κ3) is 3.99. The summed E-state index contributed by atoms with van der Waals surface area (Å²) in [5.74, 6) is 0. The minimum Gasteiger partial charge on any atom is -0.377 e. The van der Waals surface area contributed by atoms with E-state index in [1.165, 1.54) is 6.07 Å². The Morgan fingerprint density at radius 2 is 1.89 bits per heavy atom. The van der Waals surface area contributed by atoms with Gasteiger partial charge in [-0.1, -0.05) is 6.07 Å². The maximum Gasteiger partial charge on any atom is 0.416 e. The summed E-state index contributed by atoms with van der Waals surface area (Å²) in [7, 11) is 0. The highest BCUT2D eigenvalue weighted by Crippen LogP contribution is 2.31. The molecule has 0 aliphatic heterocycles. The van der Waals surface area contributed by atoms with Crippen LogP contribution in [-0.4, -0.2) is 12.7 Å². The molecule has 18 heavy (non-hydrogen) atoms. The fraction of sp³-hybridized carbons (Fsp3) is 0.538. The number of benzene rings is 1. The summed E-state index contributed by atoms with van der Waals surface area (Å²) >= 11 is 0. The maximum atomic E-state index is 12.5. The summed E-state index contributed by atoms with van der Waals surface area (Å²) in [5, 5.41) is 0. The summed E-state index contributed by atoms with van der Waals surface area (Å²) in [4.78, 5) is 0. The molecule has 2 nitrogen and oxygen atoms in total. The fourth-order valence-electron chi connectivity index (χ4n) is 1.65. The quantitative estimate of drug-likeness (QED) is 0.901. The molecule has 0 aliphatic rings. The zero-order valence-electron chi connectivity index (χ0n) is 10.7. The van der Waals surface area contributed by atoms with Gasteiger partial charge in [0.1, 0.15) is 0 Å². The molecule has 1 rings (SSSR count). The monoisotopic (exact) mass is 261 g/mol. The summed E-state index contributed by atoms with van der Waals surface area (Å²) < 4.78 is 42.9. The Hall–Kier alpha value is -1.07. The first-order valence-corrected chi connectivity index (χ1v) is 5.76. The van der Waals surface area contributed by atoms with E-state index in [2.05, 4.69) is 0 Å². The van der Waals surface area contributed by atoms with E-state index in [1.807, 2.05) is 13.8 Å². The predicted octanol–water partition coefficient (Wildman–Crippen LogP) is 3.44. The molecule has 0 saturated carbocycles. The number of nitrogens with two attached hydrogens (primary N) is 1. The molecule has 1 aromatic carbocycles. The topological polar surface area (TPSA) is 35.2 Å². The van der Waals surface area contributed by atoms with Crippen LogP contribution in [-0.2, 0) is 10.9 Å². The van der Waals surface area contributed by atoms with E-state index in [9.17, 15) is 13.2 Å². The molecule has 1 aromatic rings. The van der Waals surface area contributed by atoms with Crippen LogP contribution < -0.4 is 5.73 Å². The Bertz CT molecular complexity index is 402. The Morgan fingerprint density at radius 3 is 2.33 bits per heavy atom. The molecule has 1 unspecified atom stereocenters. The van der Waals surface area contributed by atoms with E-state index in [4.69, 9.17) is 10.5 Å². The predicted molar refractivity (Wildman–Crippen MR) is 64.2 cm³/mol. The molecule has 2 N–H and O–H groups in total. The number of ether oxygens (including phenoxy) is 1. The van der Waals surface area contributed by atoms with Crippen molar-refractivity contribution in [1.82, 2.24) is 0 Å². The van der Waals surface area contributed by atoms with Crippen molar-refractivity contribution in [3.8, 4) is 0 Å². The molecule has 0 radical (unpaired) electrons. The molecular weight excluding hydrogens is 243 g/mol. The number of hydrogen-bond acceptors (Lipinski definition) is 2. The molecule has 0 bridgehead atoms. The molecule has 5 heteroatoms. The van der Waals surface area contributed by atoms with E-state index in [-0.39, 0.29) is 6.10 Å². The Balaban J connectivity index is 2.85. The van der Waals surface area contributed by atoms with Crippen LogP contribution >= 0.6 is 0 Å². The zero-order chi connectivity index (χ0) is 13.9. The average molecular weight is 261 g/mol. The van der Waals surface area contributed by atoms with Gasteiger partial charge in [0.25, 0.3) is 0 Å². The molecule has 0 aliphatic carbocycles. The normalized spacial score (nSPS) is 14.0. The number of rotatable bonds is 4. The van der Waals surface area contributed by atoms with Crippen LogP contribution in [0.1, 0.15) is 36.6 Å². The van der Waals surface area contributed by atoms with E-state index < -0.39 is 17.8 Å². The van der Waals surface area contributed by atoms with Crippen molar-refractivity contribution >= 4 is 0 Å². The van der Waals surface area contributed by atoms with E-state index in [1.54, 1.807) is 6.92 Å².